The Morgan fingerprint density at radius 2 is 2.13 bits per heavy atom. The van der Waals surface area contributed by atoms with Gasteiger partial charge in [-0.25, -0.2) is 4.98 Å². The van der Waals surface area contributed by atoms with Gasteiger partial charge < -0.3 is 15.0 Å². The first kappa shape index (κ1) is 17.0. The molecule has 6 nitrogen and oxygen atoms in total. The Bertz CT molecular complexity index is 787. The van der Waals surface area contributed by atoms with E-state index in [-0.39, 0.29) is 17.9 Å². The van der Waals surface area contributed by atoms with Crippen LogP contribution in [0.15, 0.2) is 23.0 Å². The van der Waals surface area contributed by atoms with Crippen molar-refractivity contribution in [3.05, 3.63) is 50.7 Å². The molecule has 1 aromatic heterocycles. The predicted octanol–water partition coefficient (Wildman–Crippen LogP) is 2.62. The van der Waals surface area contributed by atoms with E-state index in [2.05, 4.69) is 15.3 Å². The fourth-order valence-electron chi connectivity index (χ4n) is 2.20. The molecule has 1 aromatic carbocycles. The number of benzene rings is 1. The van der Waals surface area contributed by atoms with E-state index in [1.807, 2.05) is 6.92 Å². The van der Waals surface area contributed by atoms with Gasteiger partial charge in [-0.2, -0.15) is 0 Å². The maximum atomic E-state index is 12.2. The highest BCUT2D eigenvalue weighted by atomic mass is 35.5. The van der Waals surface area contributed by atoms with Crippen LogP contribution in [-0.2, 0) is 11.2 Å². The lowest BCUT2D eigenvalue weighted by Gasteiger charge is -2.12. The number of hydrogen-bond donors (Lipinski definition) is 2. The van der Waals surface area contributed by atoms with Gasteiger partial charge in [0.15, 0.2) is 0 Å². The highest BCUT2D eigenvalue weighted by Crippen LogP contribution is 2.28. The van der Waals surface area contributed by atoms with Crippen LogP contribution >= 0.6 is 11.6 Å². The van der Waals surface area contributed by atoms with Crippen molar-refractivity contribution in [3.8, 4) is 5.75 Å². The topological polar surface area (TPSA) is 84.1 Å². The number of amides is 1. The molecule has 0 spiro atoms. The zero-order chi connectivity index (χ0) is 17.0. The molecule has 0 saturated heterocycles. The summed E-state index contributed by atoms with van der Waals surface area (Å²) in [4.78, 5) is 31.0. The molecule has 1 heterocycles. The van der Waals surface area contributed by atoms with Crippen molar-refractivity contribution in [2.45, 2.75) is 27.2 Å². The average Bonchev–Trinajstić information content (AvgIpc) is 2.46. The van der Waals surface area contributed by atoms with Gasteiger partial charge in [-0.1, -0.05) is 11.6 Å². The molecule has 0 bridgehead atoms. The second kappa shape index (κ2) is 7.28. The van der Waals surface area contributed by atoms with Gasteiger partial charge in [0, 0.05) is 16.3 Å². The number of aromatic nitrogens is 2. The van der Waals surface area contributed by atoms with E-state index in [1.54, 1.807) is 32.0 Å². The summed E-state index contributed by atoms with van der Waals surface area (Å²) < 4.78 is 5.45. The van der Waals surface area contributed by atoms with E-state index >= 15 is 0 Å². The van der Waals surface area contributed by atoms with Crippen LogP contribution in [0.5, 0.6) is 5.75 Å². The molecule has 0 saturated carbocycles. The third kappa shape index (κ3) is 4.32. The van der Waals surface area contributed by atoms with Crippen LogP contribution in [0.25, 0.3) is 0 Å². The summed E-state index contributed by atoms with van der Waals surface area (Å²) in [6.45, 7) is 5.71. The van der Waals surface area contributed by atoms with Crippen LogP contribution in [0.4, 0.5) is 5.69 Å². The monoisotopic (exact) mass is 335 g/mol. The number of aromatic amines is 1. The lowest BCUT2D eigenvalue weighted by atomic mass is 10.1. The molecule has 0 atom stereocenters. The molecule has 2 N–H and O–H groups in total. The number of carbonyl (C=O) groups excluding carboxylic acids is 1. The first-order valence-electron chi connectivity index (χ1n) is 7.19. The zero-order valence-corrected chi connectivity index (χ0v) is 14.0. The number of ether oxygens (including phenoxy) is 1. The number of anilines is 1. The Kier molecular flexibility index (Phi) is 5.39. The molecule has 1 amide bonds. The van der Waals surface area contributed by atoms with Gasteiger partial charge in [0.05, 0.1) is 18.7 Å². The molecular formula is C16H18ClN3O3. The Labute approximate surface area is 138 Å². The minimum absolute atomic E-state index is 0.0769. The minimum atomic E-state index is -0.340. The fraction of sp³-hybridized carbons (Fsp3) is 0.312. The molecule has 0 radical (unpaired) electrons. The number of H-pyrrole nitrogens is 1. The Morgan fingerprint density at radius 3 is 2.78 bits per heavy atom. The van der Waals surface area contributed by atoms with Gasteiger partial charge in [-0.05, 0) is 39.0 Å². The van der Waals surface area contributed by atoms with Crippen LogP contribution in [0.3, 0.4) is 0 Å². The second-order valence-electron chi connectivity index (χ2n) is 5.01. The Balaban J connectivity index is 2.21. The molecule has 0 aliphatic heterocycles. The summed E-state index contributed by atoms with van der Waals surface area (Å²) >= 11 is 5.96. The molecule has 2 aromatic rings. The van der Waals surface area contributed by atoms with Crippen LogP contribution in [0.2, 0.25) is 5.02 Å². The first-order chi connectivity index (χ1) is 10.9. The summed E-state index contributed by atoms with van der Waals surface area (Å²) in [6, 6.07) is 4.98. The number of hydrogen-bond acceptors (Lipinski definition) is 4. The van der Waals surface area contributed by atoms with Gasteiger partial charge in [0.25, 0.3) is 5.56 Å². The van der Waals surface area contributed by atoms with Crippen molar-refractivity contribution in [2.75, 3.05) is 11.9 Å². The van der Waals surface area contributed by atoms with Crippen molar-refractivity contribution in [1.29, 1.82) is 0 Å². The lowest BCUT2D eigenvalue weighted by Crippen LogP contribution is -2.24. The quantitative estimate of drug-likeness (QED) is 0.879. The Hall–Kier alpha value is -2.34. The van der Waals surface area contributed by atoms with Gasteiger partial charge in [0.2, 0.25) is 5.91 Å². The Morgan fingerprint density at radius 1 is 1.39 bits per heavy atom. The van der Waals surface area contributed by atoms with E-state index in [0.29, 0.717) is 40.1 Å². The number of halogens is 1. The number of rotatable bonds is 5. The summed E-state index contributed by atoms with van der Waals surface area (Å²) in [7, 11) is 0. The molecule has 0 aliphatic carbocycles. The molecule has 7 heteroatoms. The smallest absolute Gasteiger partial charge is 0.254 e. The number of nitrogens with zero attached hydrogens (tertiary/aromatic N) is 1. The molecule has 122 valence electrons. The van der Waals surface area contributed by atoms with Gasteiger partial charge >= 0.3 is 0 Å². The highest BCUT2D eigenvalue weighted by Gasteiger charge is 2.14. The third-order valence-electron chi connectivity index (χ3n) is 3.19. The van der Waals surface area contributed by atoms with E-state index in [1.165, 1.54) is 0 Å². The predicted molar refractivity (Wildman–Crippen MR) is 89.3 cm³/mol. The number of aryl methyl sites for hydroxylation is 2. The maximum Gasteiger partial charge on any atom is 0.254 e. The number of carbonyl (C=O) groups is 1. The van der Waals surface area contributed by atoms with Gasteiger partial charge in [-0.3, -0.25) is 9.59 Å². The molecule has 2 rings (SSSR count). The third-order valence-corrected chi connectivity index (χ3v) is 3.43. The summed E-state index contributed by atoms with van der Waals surface area (Å²) in [5, 5.41) is 3.21. The van der Waals surface area contributed by atoms with Crippen molar-refractivity contribution in [3.63, 3.8) is 0 Å². The normalized spacial score (nSPS) is 10.4. The molecule has 0 fully saturated rings. The van der Waals surface area contributed by atoms with E-state index < -0.39 is 0 Å². The van der Waals surface area contributed by atoms with Gasteiger partial charge in [-0.15, -0.1) is 0 Å². The van der Waals surface area contributed by atoms with Crippen molar-refractivity contribution >= 4 is 23.2 Å². The summed E-state index contributed by atoms with van der Waals surface area (Å²) in [5.41, 5.74) is 1.05. The van der Waals surface area contributed by atoms with Crippen molar-refractivity contribution in [2.24, 2.45) is 0 Å². The van der Waals surface area contributed by atoms with Crippen molar-refractivity contribution in [1.82, 2.24) is 9.97 Å². The van der Waals surface area contributed by atoms with Crippen LogP contribution in [0, 0.1) is 13.8 Å². The first-order valence-corrected chi connectivity index (χ1v) is 7.57. The fourth-order valence-corrected chi connectivity index (χ4v) is 2.37. The largest absolute Gasteiger partial charge is 0.492 e. The van der Waals surface area contributed by atoms with Gasteiger partial charge in [0.1, 0.15) is 11.6 Å². The van der Waals surface area contributed by atoms with Crippen LogP contribution < -0.4 is 15.6 Å². The maximum absolute atomic E-state index is 12.2. The van der Waals surface area contributed by atoms with Crippen LogP contribution in [-0.4, -0.2) is 22.5 Å². The molecular weight excluding hydrogens is 318 g/mol. The molecule has 23 heavy (non-hydrogen) atoms. The lowest BCUT2D eigenvalue weighted by molar-refractivity contribution is -0.115. The standard InChI is InChI=1S/C16H18ClN3O3/c1-4-23-14-6-5-11(17)7-13(14)20-15(21)8-12-9(2)18-10(3)19-16(12)22/h5-7H,4,8H2,1-3H3,(H,20,21)(H,18,19,22). The van der Waals surface area contributed by atoms with E-state index in [0.717, 1.165) is 0 Å². The minimum Gasteiger partial charge on any atom is -0.492 e. The molecule has 0 unspecified atom stereocenters. The SMILES string of the molecule is CCOc1ccc(Cl)cc1NC(=O)Cc1c(C)nc(C)[nH]c1=O. The van der Waals surface area contributed by atoms with E-state index in [4.69, 9.17) is 16.3 Å². The zero-order valence-electron chi connectivity index (χ0n) is 13.2. The van der Waals surface area contributed by atoms with Crippen molar-refractivity contribution < 1.29 is 9.53 Å². The molecule has 0 aliphatic rings. The second-order valence-corrected chi connectivity index (χ2v) is 5.45. The van der Waals surface area contributed by atoms with E-state index in [9.17, 15) is 9.59 Å². The van der Waals surface area contributed by atoms with Crippen LogP contribution in [0.1, 0.15) is 24.0 Å². The summed E-state index contributed by atoms with van der Waals surface area (Å²) in [5.74, 6) is 0.704. The highest BCUT2D eigenvalue weighted by molar-refractivity contribution is 6.31. The number of nitrogens with one attached hydrogen (secondary N) is 2. The summed E-state index contributed by atoms with van der Waals surface area (Å²) in [6.07, 6.45) is -0.0769. The average molecular weight is 336 g/mol.